The smallest absolute Gasteiger partial charge is 0.225 e. The maximum Gasteiger partial charge on any atom is 0.225 e. The number of nitrogens with one attached hydrogen (secondary N) is 1. The third kappa shape index (κ3) is 3.72. The minimum absolute atomic E-state index is 0.0961. The molecule has 1 unspecified atom stereocenters. The third-order valence-electron chi connectivity index (χ3n) is 1.78. The zero-order chi connectivity index (χ0) is 9.40. The van der Waals surface area contributed by atoms with E-state index >= 15 is 0 Å². The number of carbonyl (C=O) groups excluding carboxylic acids is 1. The quantitative estimate of drug-likeness (QED) is 0.646. The minimum atomic E-state index is 0.0961. The SMILES string of the molecule is CC.CNC(=O)C1CCCOC1. The Labute approximate surface area is 74.5 Å². The number of carbonyl (C=O) groups is 1. The van der Waals surface area contributed by atoms with Gasteiger partial charge in [0, 0.05) is 13.7 Å². The van der Waals surface area contributed by atoms with Gasteiger partial charge in [-0.3, -0.25) is 4.79 Å². The summed E-state index contributed by atoms with van der Waals surface area (Å²) in [6.45, 7) is 5.41. The largest absolute Gasteiger partial charge is 0.381 e. The van der Waals surface area contributed by atoms with Crippen LogP contribution in [0.5, 0.6) is 0 Å². The number of ether oxygens (including phenoxy) is 1. The summed E-state index contributed by atoms with van der Waals surface area (Å²) in [6.07, 6.45) is 1.98. The molecule has 0 radical (unpaired) electrons. The first-order chi connectivity index (χ1) is 5.84. The second-order valence-corrected chi connectivity index (χ2v) is 2.53. The van der Waals surface area contributed by atoms with Crippen molar-refractivity contribution in [3.63, 3.8) is 0 Å². The highest BCUT2D eigenvalue weighted by molar-refractivity contribution is 5.78. The summed E-state index contributed by atoms with van der Waals surface area (Å²) in [4.78, 5) is 11.0. The molecule has 1 atom stereocenters. The molecule has 1 saturated heterocycles. The Morgan fingerprint density at radius 2 is 2.17 bits per heavy atom. The van der Waals surface area contributed by atoms with Crippen LogP contribution < -0.4 is 5.32 Å². The van der Waals surface area contributed by atoms with Gasteiger partial charge in [-0.05, 0) is 12.8 Å². The molecule has 1 N–H and O–H groups in total. The van der Waals surface area contributed by atoms with E-state index in [0.29, 0.717) is 6.61 Å². The summed E-state index contributed by atoms with van der Waals surface area (Å²) in [6, 6.07) is 0. The summed E-state index contributed by atoms with van der Waals surface area (Å²) in [5.41, 5.74) is 0. The lowest BCUT2D eigenvalue weighted by Crippen LogP contribution is -2.33. The van der Waals surface area contributed by atoms with Crippen LogP contribution in [0.4, 0.5) is 0 Å². The molecule has 1 heterocycles. The maximum atomic E-state index is 11.0. The molecule has 3 nitrogen and oxygen atoms in total. The Bertz CT molecular complexity index is 120. The fourth-order valence-electron chi connectivity index (χ4n) is 1.15. The van der Waals surface area contributed by atoms with Crippen LogP contribution >= 0.6 is 0 Å². The van der Waals surface area contributed by atoms with E-state index in [0.717, 1.165) is 19.4 Å². The predicted octanol–water partition coefficient (Wildman–Crippen LogP) is 1.19. The highest BCUT2D eigenvalue weighted by atomic mass is 16.5. The van der Waals surface area contributed by atoms with E-state index in [1.165, 1.54) is 0 Å². The summed E-state index contributed by atoms with van der Waals surface area (Å²) < 4.78 is 5.14. The summed E-state index contributed by atoms with van der Waals surface area (Å²) in [5.74, 6) is 0.207. The lowest BCUT2D eigenvalue weighted by molar-refractivity contribution is -0.128. The van der Waals surface area contributed by atoms with E-state index in [2.05, 4.69) is 5.32 Å². The number of rotatable bonds is 1. The lowest BCUT2D eigenvalue weighted by atomic mass is 10.0. The normalized spacial score (nSPS) is 22.1. The molecule has 1 rings (SSSR count). The zero-order valence-electron chi connectivity index (χ0n) is 8.22. The van der Waals surface area contributed by atoms with Crippen LogP contribution in [0.3, 0.4) is 0 Å². The van der Waals surface area contributed by atoms with Crippen molar-refractivity contribution in [1.82, 2.24) is 5.32 Å². The van der Waals surface area contributed by atoms with Gasteiger partial charge >= 0.3 is 0 Å². The highest BCUT2D eigenvalue weighted by Crippen LogP contribution is 2.12. The monoisotopic (exact) mass is 173 g/mol. The van der Waals surface area contributed by atoms with Crippen LogP contribution in [0.25, 0.3) is 0 Å². The molecule has 0 aromatic carbocycles. The van der Waals surface area contributed by atoms with Crippen molar-refractivity contribution in [2.24, 2.45) is 5.92 Å². The zero-order valence-corrected chi connectivity index (χ0v) is 8.22. The van der Waals surface area contributed by atoms with Crippen LogP contribution in [-0.2, 0) is 9.53 Å². The fourth-order valence-corrected chi connectivity index (χ4v) is 1.15. The second-order valence-electron chi connectivity index (χ2n) is 2.53. The van der Waals surface area contributed by atoms with E-state index < -0.39 is 0 Å². The Morgan fingerprint density at radius 3 is 2.58 bits per heavy atom. The predicted molar refractivity (Wildman–Crippen MR) is 49.0 cm³/mol. The molecule has 1 fully saturated rings. The van der Waals surface area contributed by atoms with Crippen molar-refractivity contribution in [2.45, 2.75) is 26.7 Å². The average Bonchev–Trinajstić information content (AvgIpc) is 2.21. The summed E-state index contributed by atoms with van der Waals surface area (Å²) in [7, 11) is 1.66. The summed E-state index contributed by atoms with van der Waals surface area (Å²) in [5, 5.41) is 2.62. The third-order valence-corrected chi connectivity index (χ3v) is 1.78. The number of hydrogen-bond donors (Lipinski definition) is 1. The molecule has 0 aliphatic carbocycles. The molecular weight excluding hydrogens is 154 g/mol. The Morgan fingerprint density at radius 1 is 1.50 bits per heavy atom. The van der Waals surface area contributed by atoms with Gasteiger partial charge in [-0.25, -0.2) is 0 Å². The average molecular weight is 173 g/mol. The van der Waals surface area contributed by atoms with Crippen molar-refractivity contribution < 1.29 is 9.53 Å². The van der Waals surface area contributed by atoms with Gasteiger partial charge in [0.25, 0.3) is 0 Å². The number of hydrogen-bond acceptors (Lipinski definition) is 2. The minimum Gasteiger partial charge on any atom is -0.381 e. The van der Waals surface area contributed by atoms with Crippen LogP contribution in [0.2, 0.25) is 0 Å². The van der Waals surface area contributed by atoms with Crippen LogP contribution in [-0.4, -0.2) is 26.2 Å². The molecular formula is C9H19NO2. The lowest BCUT2D eigenvalue weighted by Gasteiger charge is -2.19. The molecule has 12 heavy (non-hydrogen) atoms. The molecule has 1 aliphatic rings. The summed E-state index contributed by atoms with van der Waals surface area (Å²) >= 11 is 0. The molecule has 0 spiro atoms. The van der Waals surface area contributed by atoms with Gasteiger partial charge in [0.15, 0.2) is 0 Å². The van der Waals surface area contributed by atoms with Crippen LogP contribution in [0.15, 0.2) is 0 Å². The molecule has 72 valence electrons. The van der Waals surface area contributed by atoms with E-state index in [4.69, 9.17) is 4.74 Å². The van der Waals surface area contributed by atoms with Gasteiger partial charge in [0.05, 0.1) is 12.5 Å². The molecule has 0 bridgehead atoms. The standard InChI is InChI=1S/C7H13NO2.C2H6/c1-8-7(9)6-3-2-4-10-5-6;1-2/h6H,2-5H2,1H3,(H,8,9);1-2H3. The Hall–Kier alpha value is -0.570. The van der Waals surface area contributed by atoms with E-state index in [1.54, 1.807) is 7.05 Å². The van der Waals surface area contributed by atoms with Gasteiger partial charge in [-0.2, -0.15) is 0 Å². The topological polar surface area (TPSA) is 38.3 Å². The molecule has 0 saturated carbocycles. The van der Waals surface area contributed by atoms with E-state index in [9.17, 15) is 4.79 Å². The molecule has 1 amide bonds. The van der Waals surface area contributed by atoms with Crippen LogP contribution in [0, 0.1) is 5.92 Å². The Kier molecular flexibility index (Phi) is 6.76. The van der Waals surface area contributed by atoms with Gasteiger partial charge in [0.2, 0.25) is 5.91 Å². The fraction of sp³-hybridized carbons (Fsp3) is 0.889. The first kappa shape index (κ1) is 11.4. The van der Waals surface area contributed by atoms with Crippen LogP contribution in [0.1, 0.15) is 26.7 Å². The molecule has 1 aliphatic heterocycles. The van der Waals surface area contributed by atoms with Crippen molar-refractivity contribution in [1.29, 1.82) is 0 Å². The first-order valence-corrected chi connectivity index (χ1v) is 4.64. The van der Waals surface area contributed by atoms with Crippen molar-refractivity contribution >= 4 is 5.91 Å². The first-order valence-electron chi connectivity index (χ1n) is 4.64. The molecule has 0 aromatic rings. The van der Waals surface area contributed by atoms with Crippen molar-refractivity contribution in [3.05, 3.63) is 0 Å². The van der Waals surface area contributed by atoms with Gasteiger partial charge in [-0.1, -0.05) is 13.8 Å². The Balaban J connectivity index is 0.000000561. The van der Waals surface area contributed by atoms with E-state index in [1.807, 2.05) is 13.8 Å². The van der Waals surface area contributed by atoms with Gasteiger partial charge < -0.3 is 10.1 Å². The number of amides is 1. The molecule has 3 heteroatoms. The van der Waals surface area contributed by atoms with Crippen molar-refractivity contribution in [3.8, 4) is 0 Å². The van der Waals surface area contributed by atoms with Crippen molar-refractivity contribution in [2.75, 3.05) is 20.3 Å². The van der Waals surface area contributed by atoms with Gasteiger partial charge in [-0.15, -0.1) is 0 Å². The maximum absolute atomic E-state index is 11.0. The second kappa shape index (κ2) is 7.10. The molecule has 0 aromatic heterocycles. The van der Waals surface area contributed by atoms with E-state index in [-0.39, 0.29) is 11.8 Å². The highest BCUT2D eigenvalue weighted by Gasteiger charge is 2.19. The van der Waals surface area contributed by atoms with Gasteiger partial charge in [0.1, 0.15) is 0 Å².